The summed E-state index contributed by atoms with van der Waals surface area (Å²) < 4.78 is 59.9. The smallest absolute Gasteiger partial charge is 0.123 e. The average Bonchev–Trinajstić information content (AvgIpc) is 2.85. The Bertz CT molecular complexity index is 989. The van der Waals surface area contributed by atoms with E-state index in [9.17, 15) is 17.6 Å². The third kappa shape index (κ3) is 6.10. The van der Waals surface area contributed by atoms with E-state index in [0.29, 0.717) is 6.54 Å². The van der Waals surface area contributed by atoms with Gasteiger partial charge < -0.3 is 10.1 Å². The van der Waals surface area contributed by atoms with Gasteiger partial charge in [0.25, 0.3) is 0 Å². The van der Waals surface area contributed by atoms with Gasteiger partial charge in [-0.25, -0.2) is 17.6 Å². The molecule has 2 nitrogen and oxygen atoms in total. The molecule has 0 saturated heterocycles. The highest BCUT2D eigenvalue weighted by Crippen LogP contribution is 2.27. The van der Waals surface area contributed by atoms with E-state index in [1.54, 1.807) is 48.5 Å². The van der Waals surface area contributed by atoms with Gasteiger partial charge in [-0.1, -0.05) is 48.5 Å². The maximum absolute atomic E-state index is 13.4. The fourth-order valence-corrected chi connectivity index (χ4v) is 3.78. The first-order chi connectivity index (χ1) is 16.5. The van der Waals surface area contributed by atoms with Gasteiger partial charge in [-0.05, 0) is 70.8 Å². The van der Waals surface area contributed by atoms with Crippen molar-refractivity contribution in [1.29, 1.82) is 0 Å². The third-order valence-corrected chi connectivity index (χ3v) is 5.49. The van der Waals surface area contributed by atoms with Crippen LogP contribution in [-0.2, 0) is 4.74 Å². The predicted molar refractivity (Wildman–Crippen MR) is 123 cm³/mol. The van der Waals surface area contributed by atoms with Crippen LogP contribution in [0.15, 0.2) is 97.1 Å². The molecule has 0 aliphatic heterocycles. The molecule has 0 aliphatic carbocycles. The Kier molecular flexibility index (Phi) is 7.72. The topological polar surface area (TPSA) is 21.3 Å². The molecular formula is C28H23F4NO. The Labute approximate surface area is 195 Å². The second-order valence-corrected chi connectivity index (χ2v) is 7.84. The molecular weight excluding hydrogens is 442 g/mol. The summed E-state index contributed by atoms with van der Waals surface area (Å²) in [7, 11) is 0. The van der Waals surface area contributed by atoms with Gasteiger partial charge in [-0.15, -0.1) is 0 Å². The van der Waals surface area contributed by atoms with Gasteiger partial charge in [0.1, 0.15) is 29.4 Å². The number of benzene rings is 4. The summed E-state index contributed by atoms with van der Waals surface area (Å²) in [6, 6.07) is 23.9. The molecule has 174 valence electrons. The number of halogens is 4. The first-order valence-electron chi connectivity index (χ1n) is 10.9. The van der Waals surface area contributed by atoms with E-state index in [0.717, 1.165) is 22.3 Å². The molecule has 6 heteroatoms. The zero-order chi connectivity index (χ0) is 23.9. The maximum Gasteiger partial charge on any atom is 0.123 e. The van der Waals surface area contributed by atoms with Gasteiger partial charge in [0.2, 0.25) is 0 Å². The van der Waals surface area contributed by atoms with E-state index < -0.39 is 6.10 Å². The molecule has 4 aromatic rings. The molecule has 0 atom stereocenters. The van der Waals surface area contributed by atoms with Crippen molar-refractivity contribution in [3.63, 3.8) is 0 Å². The van der Waals surface area contributed by atoms with Crippen molar-refractivity contribution in [3.05, 3.63) is 143 Å². The summed E-state index contributed by atoms with van der Waals surface area (Å²) in [5, 5.41) is 3.38. The number of hydrogen-bond acceptors (Lipinski definition) is 2. The van der Waals surface area contributed by atoms with Crippen molar-refractivity contribution in [2.24, 2.45) is 0 Å². The van der Waals surface area contributed by atoms with Crippen LogP contribution in [0.25, 0.3) is 0 Å². The lowest BCUT2D eigenvalue weighted by Gasteiger charge is -2.22. The van der Waals surface area contributed by atoms with Crippen LogP contribution in [0.1, 0.15) is 34.4 Å². The highest BCUT2D eigenvalue weighted by atomic mass is 19.1. The fraction of sp³-hybridized carbons (Fsp3) is 0.143. The van der Waals surface area contributed by atoms with Crippen molar-refractivity contribution < 1.29 is 22.3 Å². The van der Waals surface area contributed by atoms with E-state index in [2.05, 4.69) is 5.32 Å². The van der Waals surface area contributed by atoms with E-state index in [-0.39, 0.29) is 35.9 Å². The third-order valence-electron chi connectivity index (χ3n) is 5.49. The molecule has 34 heavy (non-hydrogen) atoms. The highest BCUT2D eigenvalue weighted by molar-refractivity contribution is 5.33. The van der Waals surface area contributed by atoms with Crippen LogP contribution >= 0.6 is 0 Å². The number of nitrogens with one attached hydrogen (secondary N) is 1. The first kappa shape index (κ1) is 23.7. The minimum Gasteiger partial charge on any atom is -0.367 e. The SMILES string of the molecule is Fc1ccc(C(NCCOC(c2ccc(F)cc2)c2ccc(F)cc2)c2ccc(F)cc2)cc1. The van der Waals surface area contributed by atoms with Gasteiger partial charge in [0.15, 0.2) is 0 Å². The fourth-order valence-electron chi connectivity index (χ4n) is 3.78. The summed E-state index contributed by atoms with van der Waals surface area (Å²) in [6.45, 7) is 0.691. The summed E-state index contributed by atoms with van der Waals surface area (Å²) in [5.74, 6) is -1.40. The van der Waals surface area contributed by atoms with Gasteiger partial charge in [-0.2, -0.15) is 0 Å². The van der Waals surface area contributed by atoms with Crippen LogP contribution in [0.3, 0.4) is 0 Å². The van der Waals surface area contributed by atoms with E-state index in [1.807, 2.05) is 0 Å². The molecule has 0 unspecified atom stereocenters. The first-order valence-corrected chi connectivity index (χ1v) is 10.9. The van der Waals surface area contributed by atoms with Crippen LogP contribution in [0.5, 0.6) is 0 Å². The van der Waals surface area contributed by atoms with E-state index in [1.165, 1.54) is 48.5 Å². The summed E-state index contributed by atoms with van der Waals surface area (Å²) in [6.07, 6.45) is -0.516. The Balaban J connectivity index is 1.48. The lowest BCUT2D eigenvalue weighted by Crippen LogP contribution is -2.27. The summed E-state index contributed by atoms with van der Waals surface area (Å²) >= 11 is 0. The Morgan fingerprint density at radius 2 is 0.824 bits per heavy atom. The molecule has 0 saturated carbocycles. The Morgan fingerprint density at radius 3 is 1.18 bits per heavy atom. The molecule has 1 N–H and O–H groups in total. The summed E-state index contributed by atoms with van der Waals surface area (Å²) in [5.41, 5.74) is 3.12. The zero-order valence-corrected chi connectivity index (χ0v) is 18.2. The van der Waals surface area contributed by atoms with Crippen molar-refractivity contribution in [2.75, 3.05) is 13.2 Å². The van der Waals surface area contributed by atoms with Crippen LogP contribution in [0.4, 0.5) is 17.6 Å². The molecule has 0 spiro atoms. The molecule has 0 bridgehead atoms. The molecule has 0 fully saturated rings. The molecule has 0 amide bonds. The van der Waals surface area contributed by atoms with Crippen LogP contribution in [-0.4, -0.2) is 13.2 Å². The maximum atomic E-state index is 13.4. The Hall–Kier alpha value is -3.48. The molecule has 0 aromatic heterocycles. The van der Waals surface area contributed by atoms with Crippen LogP contribution in [0.2, 0.25) is 0 Å². The number of rotatable bonds is 9. The zero-order valence-electron chi connectivity index (χ0n) is 18.2. The standard InChI is InChI=1S/C28H23F4NO/c29-23-9-1-19(2-10-23)27(20-3-11-24(30)12-4-20)33-17-18-34-28(21-5-13-25(31)14-6-21)22-7-15-26(32)16-8-22/h1-16,27-28,33H,17-18H2. The number of hydrogen-bond donors (Lipinski definition) is 1. The quantitative estimate of drug-likeness (QED) is 0.219. The molecule has 0 heterocycles. The highest BCUT2D eigenvalue weighted by Gasteiger charge is 2.17. The van der Waals surface area contributed by atoms with Gasteiger partial charge in [0, 0.05) is 6.54 Å². The van der Waals surface area contributed by atoms with Gasteiger partial charge in [-0.3, -0.25) is 0 Å². The predicted octanol–water partition coefficient (Wildman–Crippen LogP) is 6.73. The van der Waals surface area contributed by atoms with Crippen LogP contribution < -0.4 is 5.32 Å². The average molecular weight is 465 g/mol. The van der Waals surface area contributed by atoms with Crippen molar-refractivity contribution in [3.8, 4) is 0 Å². The van der Waals surface area contributed by atoms with Gasteiger partial charge in [0.05, 0.1) is 12.6 Å². The summed E-state index contributed by atoms with van der Waals surface area (Å²) in [4.78, 5) is 0. The second kappa shape index (κ2) is 11.1. The minimum absolute atomic E-state index is 0.276. The minimum atomic E-state index is -0.516. The Morgan fingerprint density at radius 1 is 0.500 bits per heavy atom. The van der Waals surface area contributed by atoms with Crippen molar-refractivity contribution in [2.45, 2.75) is 12.1 Å². The molecule has 0 radical (unpaired) electrons. The molecule has 0 aliphatic rings. The van der Waals surface area contributed by atoms with Crippen LogP contribution in [0, 0.1) is 23.3 Å². The second-order valence-electron chi connectivity index (χ2n) is 7.84. The lowest BCUT2D eigenvalue weighted by molar-refractivity contribution is 0.0811. The lowest BCUT2D eigenvalue weighted by atomic mass is 9.98. The number of ether oxygens (including phenoxy) is 1. The molecule has 4 aromatic carbocycles. The van der Waals surface area contributed by atoms with Crippen molar-refractivity contribution >= 4 is 0 Å². The monoisotopic (exact) mass is 465 g/mol. The normalized spacial score (nSPS) is 11.4. The largest absolute Gasteiger partial charge is 0.367 e. The van der Waals surface area contributed by atoms with E-state index >= 15 is 0 Å². The van der Waals surface area contributed by atoms with Gasteiger partial charge >= 0.3 is 0 Å². The van der Waals surface area contributed by atoms with Crippen molar-refractivity contribution in [1.82, 2.24) is 5.32 Å². The molecule has 4 rings (SSSR count). The van der Waals surface area contributed by atoms with E-state index in [4.69, 9.17) is 4.74 Å².